The fourth-order valence-electron chi connectivity index (χ4n) is 3.49. The summed E-state index contributed by atoms with van der Waals surface area (Å²) in [6, 6.07) is 13.2. The number of alkyl halides is 3. The average Bonchev–Trinajstić information content (AvgIpc) is 3.25. The Morgan fingerprint density at radius 1 is 1.00 bits per heavy atom. The number of likely N-dealkylation sites (N-methyl/N-ethyl adjacent to an activating group) is 1. The van der Waals surface area contributed by atoms with Gasteiger partial charge in [-0.05, 0) is 37.4 Å². The number of hydrogen-bond donors (Lipinski definition) is 1. The molecule has 0 aliphatic carbocycles. The highest BCUT2D eigenvalue weighted by Crippen LogP contribution is 2.37. The summed E-state index contributed by atoms with van der Waals surface area (Å²) in [6.45, 7) is 2.87. The Bertz CT molecular complexity index is 1060. The topological polar surface area (TPSA) is 53.4 Å². The number of carbonyl (C=O) groups excluding carboxylic acids is 1. The molecule has 0 saturated carbocycles. The average molecular weight is 429 g/mol. The smallest absolute Gasteiger partial charge is 0.369 e. The second-order valence-electron chi connectivity index (χ2n) is 7.48. The molecule has 2 heterocycles. The molecule has 0 atom stereocenters. The van der Waals surface area contributed by atoms with Crippen molar-refractivity contribution >= 4 is 17.3 Å². The quantitative estimate of drug-likeness (QED) is 0.684. The van der Waals surface area contributed by atoms with Crippen LogP contribution in [0.25, 0.3) is 5.69 Å². The van der Waals surface area contributed by atoms with Crippen LogP contribution in [0, 0.1) is 0 Å². The number of benzene rings is 2. The lowest BCUT2D eigenvalue weighted by Gasteiger charge is -2.34. The second-order valence-corrected chi connectivity index (χ2v) is 7.48. The molecule has 31 heavy (non-hydrogen) atoms. The predicted molar refractivity (Wildman–Crippen MR) is 113 cm³/mol. The van der Waals surface area contributed by atoms with Gasteiger partial charge in [0.2, 0.25) is 0 Å². The van der Waals surface area contributed by atoms with E-state index in [0.29, 0.717) is 18.8 Å². The lowest BCUT2D eigenvalue weighted by molar-refractivity contribution is -0.136. The third-order valence-corrected chi connectivity index (χ3v) is 5.29. The molecule has 1 aromatic heterocycles. The number of hydrogen-bond acceptors (Lipinski definition) is 4. The standard InChI is InChI=1S/C22H22F3N5O/c1-28-9-11-29(12-10-28)18-7-8-20(19(13-18)22(23,24)25)27-21(31)16-14-26-30(15-16)17-5-3-2-4-6-17/h2-8,13-15H,9-12H2,1H3,(H,27,31). The zero-order valence-corrected chi connectivity index (χ0v) is 16.9. The number of nitrogens with zero attached hydrogens (tertiary/aromatic N) is 4. The zero-order chi connectivity index (χ0) is 22.0. The van der Waals surface area contributed by atoms with E-state index in [4.69, 9.17) is 0 Å². The van der Waals surface area contributed by atoms with Crippen LogP contribution in [0.15, 0.2) is 60.9 Å². The first-order valence-corrected chi connectivity index (χ1v) is 9.87. The number of halogens is 3. The second kappa shape index (κ2) is 8.43. The molecule has 0 unspecified atom stereocenters. The fourth-order valence-corrected chi connectivity index (χ4v) is 3.49. The van der Waals surface area contributed by atoms with Crippen molar-refractivity contribution in [3.05, 3.63) is 72.1 Å². The Kier molecular flexibility index (Phi) is 5.69. The third kappa shape index (κ3) is 4.72. The van der Waals surface area contributed by atoms with Crippen LogP contribution >= 0.6 is 0 Å². The van der Waals surface area contributed by atoms with E-state index in [-0.39, 0.29) is 11.3 Å². The molecular weight excluding hydrogens is 407 g/mol. The minimum Gasteiger partial charge on any atom is -0.369 e. The number of rotatable bonds is 4. The molecule has 9 heteroatoms. The zero-order valence-electron chi connectivity index (χ0n) is 16.9. The highest BCUT2D eigenvalue weighted by molar-refractivity contribution is 6.04. The SMILES string of the molecule is CN1CCN(c2ccc(NC(=O)c3cnn(-c4ccccc4)c3)c(C(F)(F)F)c2)CC1. The van der Waals surface area contributed by atoms with Crippen molar-refractivity contribution in [3.8, 4) is 5.69 Å². The third-order valence-electron chi connectivity index (χ3n) is 5.29. The van der Waals surface area contributed by atoms with E-state index in [9.17, 15) is 18.0 Å². The van der Waals surface area contributed by atoms with E-state index in [1.54, 1.807) is 6.07 Å². The van der Waals surface area contributed by atoms with Crippen LogP contribution in [0.3, 0.4) is 0 Å². The molecule has 1 aliphatic heterocycles. The van der Waals surface area contributed by atoms with Gasteiger partial charge in [-0.15, -0.1) is 0 Å². The lowest BCUT2D eigenvalue weighted by Crippen LogP contribution is -2.44. The normalized spacial score (nSPS) is 15.2. The van der Waals surface area contributed by atoms with Crippen molar-refractivity contribution in [2.45, 2.75) is 6.18 Å². The molecule has 0 spiro atoms. The van der Waals surface area contributed by atoms with Crippen molar-refractivity contribution in [2.75, 3.05) is 43.4 Å². The van der Waals surface area contributed by atoms with Crippen molar-refractivity contribution in [1.29, 1.82) is 0 Å². The molecule has 4 rings (SSSR count). The molecule has 2 aromatic carbocycles. The number of para-hydroxylation sites is 1. The van der Waals surface area contributed by atoms with E-state index < -0.39 is 17.6 Å². The Labute approximate surface area is 177 Å². The molecule has 6 nitrogen and oxygen atoms in total. The first kappa shape index (κ1) is 20.9. The van der Waals surface area contributed by atoms with Crippen LogP contribution in [-0.2, 0) is 6.18 Å². The molecule has 1 aliphatic rings. The molecule has 0 bridgehead atoms. The molecule has 1 fully saturated rings. The van der Waals surface area contributed by atoms with Crippen molar-refractivity contribution < 1.29 is 18.0 Å². The summed E-state index contributed by atoms with van der Waals surface area (Å²) in [5.41, 5.74) is 0.264. The largest absolute Gasteiger partial charge is 0.418 e. The van der Waals surface area contributed by atoms with E-state index in [0.717, 1.165) is 24.8 Å². The monoisotopic (exact) mass is 429 g/mol. The molecule has 0 radical (unpaired) electrons. The summed E-state index contributed by atoms with van der Waals surface area (Å²) in [6.07, 6.45) is -1.79. The maximum Gasteiger partial charge on any atom is 0.418 e. The van der Waals surface area contributed by atoms with Gasteiger partial charge in [-0.2, -0.15) is 18.3 Å². The van der Waals surface area contributed by atoms with E-state index in [1.807, 2.05) is 42.3 Å². The summed E-state index contributed by atoms with van der Waals surface area (Å²) >= 11 is 0. The summed E-state index contributed by atoms with van der Waals surface area (Å²) < 4.78 is 42.7. The molecule has 3 aromatic rings. The number of amides is 1. The number of anilines is 2. The molecule has 1 amide bonds. The Balaban J connectivity index is 1.56. The Morgan fingerprint density at radius 2 is 1.71 bits per heavy atom. The van der Waals surface area contributed by atoms with E-state index in [1.165, 1.54) is 23.1 Å². The van der Waals surface area contributed by atoms with Crippen molar-refractivity contribution in [1.82, 2.24) is 14.7 Å². The van der Waals surface area contributed by atoms with Crippen molar-refractivity contribution in [3.63, 3.8) is 0 Å². The van der Waals surface area contributed by atoms with Gasteiger partial charge in [0.05, 0.1) is 28.7 Å². The summed E-state index contributed by atoms with van der Waals surface area (Å²) in [7, 11) is 1.98. The van der Waals surface area contributed by atoms with Crippen molar-refractivity contribution in [2.24, 2.45) is 0 Å². The van der Waals surface area contributed by atoms with Gasteiger partial charge in [-0.1, -0.05) is 18.2 Å². The van der Waals surface area contributed by atoms with Gasteiger partial charge in [0.1, 0.15) is 0 Å². The van der Waals surface area contributed by atoms with E-state index in [2.05, 4.69) is 15.3 Å². The van der Waals surface area contributed by atoms with Crippen LogP contribution < -0.4 is 10.2 Å². The summed E-state index contributed by atoms with van der Waals surface area (Å²) in [5, 5.41) is 6.52. The molecule has 162 valence electrons. The maximum absolute atomic E-state index is 13.7. The highest BCUT2D eigenvalue weighted by atomic mass is 19.4. The van der Waals surface area contributed by atoms with Crippen LogP contribution in [0.1, 0.15) is 15.9 Å². The predicted octanol–water partition coefficient (Wildman–Crippen LogP) is 3.90. The first-order valence-electron chi connectivity index (χ1n) is 9.87. The minimum atomic E-state index is -4.60. The number of carbonyl (C=O) groups is 1. The summed E-state index contributed by atoms with van der Waals surface area (Å²) in [4.78, 5) is 16.7. The number of aromatic nitrogens is 2. The Morgan fingerprint density at radius 3 is 2.39 bits per heavy atom. The first-order chi connectivity index (χ1) is 14.8. The maximum atomic E-state index is 13.7. The molecular formula is C22H22F3N5O. The highest BCUT2D eigenvalue weighted by Gasteiger charge is 2.35. The van der Waals surface area contributed by atoms with Crippen LogP contribution in [-0.4, -0.2) is 53.8 Å². The minimum absolute atomic E-state index is 0.167. The number of nitrogens with one attached hydrogen (secondary N) is 1. The van der Waals surface area contributed by atoms with Gasteiger partial charge in [-0.3, -0.25) is 4.79 Å². The molecule has 1 saturated heterocycles. The van der Waals surface area contributed by atoms with E-state index >= 15 is 0 Å². The van der Waals surface area contributed by atoms with Crippen LogP contribution in [0.2, 0.25) is 0 Å². The van der Waals surface area contributed by atoms with Gasteiger partial charge in [0.15, 0.2) is 0 Å². The fraction of sp³-hybridized carbons (Fsp3) is 0.273. The van der Waals surface area contributed by atoms with Gasteiger partial charge >= 0.3 is 6.18 Å². The Hall–Kier alpha value is -3.33. The van der Waals surface area contributed by atoms with Crippen LogP contribution in [0.5, 0.6) is 0 Å². The van der Waals surface area contributed by atoms with Crippen LogP contribution in [0.4, 0.5) is 24.5 Å². The summed E-state index contributed by atoms with van der Waals surface area (Å²) in [5.74, 6) is -0.653. The lowest BCUT2D eigenvalue weighted by atomic mass is 10.1. The van der Waals surface area contributed by atoms with Gasteiger partial charge in [-0.25, -0.2) is 4.68 Å². The van der Waals surface area contributed by atoms with Gasteiger partial charge in [0.25, 0.3) is 5.91 Å². The molecule has 1 N–H and O–H groups in total. The van der Waals surface area contributed by atoms with Gasteiger partial charge < -0.3 is 15.1 Å². The van der Waals surface area contributed by atoms with Gasteiger partial charge in [0, 0.05) is 38.1 Å². The number of piperazine rings is 1.